The Bertz CT molecular complexity index is 460. The lowest BCUT2D eigenvalue weighted by atomic mass is 10.1. The normalized spacial score (nSPS) is 10.4. The molecule has 1 heterocycles. The van der Waals surface area contributed by atoms with Crippen molar-refractivity contribution in [2.75, 3.05) is 5.73 Å². The molecule has 0 aliphatic rings. The van der Waals surface area contributed by atoms with Gasteiger partial charge in [0, 0.05) is 11.3 Å². The van der Waals surface area contributed by atoms with Crippen LogP contribution >= 0.6 is 0 Å². The minimum Gasteiger partial charge on any atom is -0.444 e. The van der Waals surface area contributed by atoms with Gasteiger partial charge < -0.3 is 10.2 Å². The predicted molar refractivity (Wildman–Crippen MR) is 55.8 cm³/mol. The number of aryl methyl sites for hydroxylation is 2. The molecule has 2 rings (SSSR count). The van der Waals surface area contributed by atoms with Gasteiger partial charge in [-0.25, -0.2) is 4.98 Å². The van der Waals surface area contributed by atoms with E-state index in [1.165, 1.54) is 0 Å². The highest BCUT2D eigenvalue weighted by atomic mass is 16.3. The second-order valence-corrected chi connectivity index (χ2v) is 3.37. The van der Waals surface area contributed by atoms with Crippen LogP contribution in [0.3, 0.4) is 0 Å². The van der Waals surface area contributed by atoms with Crippen LogP contribution in [0.15, 0.2) is 28.9 Å². The lowest BCUT2D eigenvalue weighted by Crippen LogP contribution is -1.88. The third kappa shape index (κ3) is 1.48. The predicted octanol–water partition coefficient (Wildman–Crippen LogP) is 2.54. The van der Waals surface area contributed by atoms with E-state index in [1.807, 2.05) is 32.0 Å². The summed E-state index contributed by atoms with van der Waals surface area (Å²) in [4.78, 5) is 4.26. The number of nitrogens with two attached hydrogens (primary N) is 1. The van der Waals surface area contributed by atoms with E-state index in [4.69, 9.17) is 10.2 Å². The number of aromatic nitrogens is 1. The molecule has 0 amide bonds. The molecule has 3 heteroatoms. The van der Waals surface area contributed by atoms with E-state index in [0.717, 1.165) is 22.5 Å². The van der Waals surface area contributed by atoms with Crippen molar-refractivity contribution in [1.29, 1.82) is 0 Å². The van der Waals surface area contributed by atoms with Gasteiger partial charge in [-0.05, 0) is 37.6 Å². The Kier molecular flexibility index (Phi) is 2.00. The average Bonchev–Trinajstić information content (AvgIpc) is 2.51. The van der Waals surface area contributed by atoms with Crippen LogP contribution in [0.25, 0.3) is 11.5 Å². The van der Waals surface area contributed by atoms with Gasteiger partial charge in [-0.1, -0.05) is 0 Å². The molecule has 0 aliphatic heterocycles. The monoisotopic (exact) mass is 188 g/mol. The van der Waals surface area contributed by atoms with Crippen LogP contribution in [0.4, 0.5) is 5.69 Å². The summed E-state index contributed by atoms with van der Waals surface area (Å²) in [5, 5.41) is 0. The summed E-state index contributed by atoms with van der Waals surface area (Å²) in [6, 6.07) is 5.69. The molecule has 0 saturated heterocycles. The molecule has 0 spiro atoms. The van der Waals surface area contributed by atoms with Crippen molar-refractivity contribution in [2.45, 2.75) is 13.8 Å². The van der Waals surface area contributed by atoms with Gasteiger partial charge in [0.05, 0.1) is 5.69 Å². The molecule has 0 radical (unpaired) electrons. The van der Waals surface area contributed by atoms with Crippen LogP contribution in [0.5, 0.6) is 0 Å². The number of rotatable bonds is 1. The van der Waals surface area contributed by atoms with Crippen LogP contribution < -0.4 is 5.73 Å². The third-order valence-corrected chi connectivity index (χ3v) is 2.10. The lowest BCUT2D eigenvalue weighted by Gasteiger charge is -2.01. The highest BCUT2D eigenvalue weighted by molar-refractivity contribution is 5.62. The fraction of sp³-hybridized carbons (Fsp3) is 0.182. The second-order valence-electron chi connectivity index (χ2n) is 3.37. The summed E-state index contributed by atoms with van der Waals surface area (Å²) < 4.78 is 5.32. The largest absolute Gasteiger partial charge is 0.444 e. The molecule has 72 valence electrons. The first-order chi connectivity index (χ1) is 6.66. The molecule has 2 N–H and O–H groups in total. The van der Waals surface area contributed by atoms with Gasteiger partial charge in [-0.15, -0.1) is 0 Å². The third-order valence-electron chi connectivity index (χ3n) is 2.10. The minimum absolute atomic E-state index is 0.653. The molecule has 0 aliphatic carbocycles. The molecular formula is C11H12N2O. The van der Waals surface area contributed by atoms with Crippen molar-refractivity contribution in [3.05, 3.63) is 35.7 Å². The Hall–Kier alpha value is -1.77. The molecule has 14 heavy (non-hydrogen) atoms. The fourth-order valence-electron chi connectivity index (χ4n) is 1.40. The Morgan fingerprint density at radius 3 is 2.64 bits per heavy atom. The molecule has 0 unspecified atom stereocenters. The summed E-state index contributed by atoms with van der Waals surface area (Å²) in [5.41, 5.74) is 9.37. The Labute approximate surface area is 82.6 Å². The summed E-state index contributed by atoms with van der Waals surface area (Å²) in [7, 11) is 0. The first-order valence-corrected chi connectivity index (χ1v) is 4.45. The van der Waals surface area contributed by atoms with E-state index in [9.17, 15) is 0 Å². The van der Waals surface area contributed by atoms with E-state index in [1.54, 1.807) is 6.26 Å². The van der Waals surface area contributed by atoms with Crippen LogP contribution in [-0.4, -0.2) is 4.98 Å². The lowest BCUT2D eigenvalue weighted by molar-refractivity contribution is 0.573. The number of hydrogen-bond donors (Lipinski definition) is 1. The maximum atomic E-state index is 5.66. The van der Waals surface area contributed by atoms with Crippen LogP contribution in [0, 0.1) is 13.8 Å². The second kappa shape index (κ2) is 3.18. The molecule has 2 aromatic rings. The molecule has 1 aromatic heterocycles. The molecular weight excluding hydrogens is 176 g/mol. The molecule has 0 fully saturated rings. The van der Waals surface area contributed by atoms with Gasteiger partial charge in [0.15, 0.2) is 0 Å². The maximum Gasteiger partial charge on any atom is 0.226 e. The van der Waals surface area contributed by atoms with Gasteiger partial charge >= 0.3 is 0 Å². The van der Waals surface area contributed by atoms with Crippen molar-refractivity contribution in [3.63, 3.8) is 0 Å². The summed E-state index contributed by atoms with van der Waals surface area (Å²) in [6.07, 6.45) is 1.64. The first kappa shape index (κ1) is 8.81. The number of hydrogen-bond acceptors (Lipinski definition) is 3. The van der Waals surface area contributed by atoms with Crippen molar-refractivity contribution in [1.82, 2.24) is 4.98 Å². The van der Waals surface area contributed by atoms with Crippen molar-refractivity contribution >= 4 is 5.69 Å². The van der Waals surface area contributed by atoms with E-state index in [-0.39, 0.29) is 0 Å². The first-order valence-electron chi connectivity index (χ1n) is 4.45. The fourth-order valence-corrected chi connectivity index (χ4v) is 1.40. The Balaban J connectivity index is 2.52. The minimum atomic E-state index is 0.653. The number of nitrogens with zero attached hydrogens (tertiary/aromatic N) is 1. The van der Waals surface area contributed by atoms with E-state index < -0.39 is 0 Å². The smallest absolute Gasteiger partial charge is 0.226 e. The number of oxazole rings is 1. The number of anilines is 1. The molecule has 3 nitrogen and oxygen atoms in total. The SMILES string of the molecule is Cc1coc(-c2ccc(N)cc2C)n1. The van der Waals surface area contributed by atoms with E-state index in [2.05, 4.69) is 4.98 Å². The molecule has 0 saturated carbocycles. The Morgan fingerprint density at radius 2 is 2.07 bits per heavy atom. The van der Waals surface area contributed by atoms with Crippen LogP contribution in [0.1, 0.15) is 11.3 Å². The molecule has 1 aromatic carbocycles. The van der Waals surface area contributed by atoms with Gasteiger partial charge in [0.1, 0.15) is 6.26 Å². The standard InChI is InChI=1S/C11H12N2O/c1-7-5-9(12)3-4-10(7)11-13-8(2)6-14-11/h3-6H,12H2,1-2H3. The zero-order chi connectivity index (χ0) is 10.1. The van der Waals surface area contributed by atoms with Crippen molar-refractivity contribution < 1.29 is 4.42 Å². The quantitative estimate of drug-likeness (QED) is 0.699. The highest BCUT2D eigenvalue weighted by Crippen LogP contribution is 2.23. The number of benzene rings is 1. The summed E-state index contributed by atoms with van der Waals surface area (Å²) in [5.74, 6) is 0.653. The van der Waals surface area contributed by atoms with Crippen LogP contribution in [0.2, 0.25) is 0 Å². The van der Waals surface area contributed by atoms with Crippen molar-refractivity contribution in [3.8, 4) is 11.5 Å². The number of nitrogen functional groups attached to an aromatic ring is 1. The molecule has 0 atom stereocenters. The zero-order valence-corrected chi connectivity index (χ0v) is 8.24. The summed E-state index contributed by atoms with van der Waals surface area (Å²) in [6.45, 7) is 3.89. The van der Waals surface area contributed by atoms with Gasteiger partial charge in [0.2, 0.25) is 5.89 Å². The van der Waals surface area contributed by atoms with E-state index >= 15 is 0 Å². The maximum absolute atomic E-state index is 5.66. The van der Waals surface area contributed by atoms with Crippen LogP contribution in [-0.2, 0) is 0 Å². The highest BCUT2D eigenvalue weighted by Gasteiger charge is 2.07. The zero-order valence-electron chi connectivity index (χ0n) is 8.24. The van der Waals surface area contributed by atoms with Gasteiger partial charge in [0.25, 0.3) is 0 Å². The van der Waals surface area contributed by atoms with E-state index in [0.29, 0.717) is 5.89 Å². The van der Waals surface area contributed by atoms with Gasteiger partial charge in [-0.2, -0.15) is 0 Å². The Morgan fingerprint density at radius 1 is 1.29 bits per heavy atom. The van der Waals surface area contributed by atoms with Crippen molar-refractivity contribution in [2.24, 2.45) is 0 Å². The molecule has 0 bridgehead atoms. The topological polar surface area (TPSA) is 52.0 Å². The summed E-state index contributed by atoms with van der Waals surface area (Å²) >= 11 is 0. The van der Waals surface area contributed by atoms with Gasteiger partial charge in [-0.3, -0.25) is 0 Å². The average molecular weight is 188 g/mol.